The van der Waals surface area contributed by atoms with Gasteiger partial charge in [0.25, 0.3) is 10.0 Å². The number of hydrogen-bond acceptors (Lipinski definition) is 3. The number of anilines is 1. The van der Waals surface area contributed by atoms with Crippen LogP contribution >= 0.6 is 22.6 Å². The van der Waals surface area contributed by atoms with Crippen LogP contribution in [-0.2, 0) is 16.4 Å². The number of nitrogens with two attached hydrogens (primary N) is 1. The first-order chi connectivity index (χ1) is 9.51. The summed E-state index contributed by atoms with van der Waals surface area (Å²) in [6.45, 7) is 0.549. The summed E-state index contributed by atoms with van der Waals surface area (Å²) in [5.41, 5.74) is 7.05. The average molecular weight is 402 g/mol. The molecule has 106 valence electrons. The highest BCUT2D eigenvalue weighted by atomic mass is 127. The Kier molecular flexibility index (Phi) is 5.00. The number of nitrogens with one attached hydrogen (secondary N) is 1. The maximum absolute atomic E-state index is 12.2. The molecule has 0 unspecified atom stereocenters. The maximum Gasteiger partial charge on any atom is 0.261 e. The van der Waals surface area contributed by atoms with Gasteiger partial charge in [-0.05, 0) is 77.5 Å². The van der Waals surface area contributed by atoms with Crippen LogP contribution in [-0.4, -0.2) is 15.0 Å². The summed E-state index contributed by atoms with van der Waals surface area (Å²) < 4.78 is 28.0. The molecule has 0 heterocycles. The van der Waals surface area contributed by atoms with Crippen molar-refractivity contribution in [3.05, 3.63) is 57.7 Å². The zero-order valence-corrected chi connectivity index (χ0v) is 13.7. The van der Waals surface area contributed by atoms with Crippen molar-refractivity contribution in [1.29, 1.82) is 0 Å². The molecule has 0 aliphatic heterocycles. The van der Waals surface area contributed by atoms with E-state index in [1.165, 1.54) is 0 Å². The first-order valence-electron chi connectivity index (χ1n) is 6.09. The monoisotopic (exact) mass is 402 g/mol. The van der Waals surface area contributed by atoms with Gasteiger partial charge in [-0.1, -0.05) is 12.1 Å². The normalized spacial score (nSPS) is 11.3. The van der Waals surface area contributed by atoms with Crippen molar-refractivity contribution in [3.8, 4) is 0 Å². The van der Waals surface area contributed by atoms with Gasteiger partial charge in [0.15, 0.2) is 0 Å². The minimum Gasteiger partial charge on any atom is -0.330 e. The third-order valence-corrected chi connectivity index (χ3v) is 4.88. The Morgan fingerprint density at radius 3 is 2.15 bits per heavy atom. The van der Waals surface area contributed by atoms with Crippen molar-refractivity contribution in [2.45, 2.75) is 11.3 Å². The highest BCUT2D eigenvalue weighted by Crippen LogP contribution is 2.17. The van der Waals surface area contributed by atoms with E-state index >= 15 is 0 Å². The molecule has 0 atom stereocenters. The molecule has 0 amide bonds. The summed E-state index contributed by atoms with van der Waals surface area (Å²) in [5.74, 6) is 0. The second kappa shape index (κ2) is 6.55. The number of benzene rings is 2. The molecule has 0 aliphatic carbocycles. The molecule has 2 aromatic carbocycles. The fourth-order valence-corrected chi connectivity index (χ4v) is 3.15. The number of halogens is 1. The van der Waals surface area contributed by atoms with Crippen LogP contribution in [0.5, 0.6) is 0 Å². The van der Waals surface area contributed by atoms with Crippen LogP contribution < -0.4 is 10.5 Å². The van der Waals surface area contributed by atoms with E-state index in [9.17, 15) is 8.42 Å². The maximum atomic E-state index is 12.2. The lowest BCUT2D eigenvalue weighted by atomic mass is 10.2. The summed E-state index contributed by atoms with van der Waals surface area (Å²) in [7, 11) is -3.54. The predicted molar refractivity (Wildman–Crippen MR) is 89.2 cm³/mol. The molecule has 0 radical (unpaired) electrons. The summed E-state index contributed by atoms with van der Waals surface area (Å²) >= 11 is 2.17. The molecule has 0 fully saturated rings. The fraction of sp³-hybridized carbons (Fsp3) is 0.143. The molecular formula is C14H15IN2O2S. The van der Waals surface area contributed by atoms with E-state index in [2.05, 4.69) is 27.3 Å². The van der Waals surface area contributed by atoms with Crippen LogP contribution in [0.3, 0.4) is 0 Å². The Morgan fingerprint density at radius 1 is 1.00 bits per heavy atom. The molecule has 6 heteroatoms. The highest BCUT2D eigenvalue weighted by Gasteiger charge is 2.13. The van der Waals surface area contributed by atoms with Gasteiger partial charge in [-0.3, -0.25) is 4.72 Å². The van der Waals surface area contributed by atoms with Crippen LogP contribution in [0, 0.1) is 3.57 Å². The van der Waals surface area contributed by atoms with Crippen LogP contribution in [0.1, 0.15) is 5.56 Å². The fourth-order valence-electron chi connectivity index (χ4n) is 1.73. The van der Waals surface area contributed by atoms with E-state index in [4.69, 9.17) is 5.73 Å². The van der Waals surface area contributed by atoms with E-state index in [1.54, 1.807) is 36.4 Å². The molecule has 2 rings (SSSR count). The molecule has 0 saturated heterocycles. The van der Waals surface area contributed by atoms with E-state index in [0.29, 0.717) is 12.2 Å². The second-order valence-electron chi connectivity index (χ2n) is 4.30. The summed E-state index contributed by atoms with van der Waals surface area (Å²) in [4.78, 5) is 0.247. The SMILES string of the molecule is NCCc1ccc(S(=O)(=O)Nc2ccc(I)cc2)cc1. The molecule has 20 heavy (non-hydrogen) atoms. The van der Waals surface area contributed by atoms with Crippen molar-refractivity contribution in [3.63, 3.8) is 0 Å². The molecule has 0 aromatic heterocycles. The Balaban J connectivity index is 2.19. The van der Waals surface area contributed by atoms with E-state index in [-0.39, 0.29) is 4.90 Å². The Morgan fingerprint density at radius 2 is 1.60 bits per heavy atom. The number of rotatable bonds is 5. The average Bonchev–Trinajstić information content (AvgIpc) is 2.42. The molecule has 0 saturated carbocycles. The topological polar surface area (TPSA) is 72.2 Å². The minimum absolute atomic E-state index is 0.247. The lowest BCUT2D eigenvalue weighted by molar-refractivity contribution is 0.601. The van der Waals surface area contributed by atoms with Crippen molar-refractivity contribution >= 4 is 38.3 Å². The predicted octanol–water partition coefficient (Wildman–Crippen LogP) is 2.59. The van der Waals surface area contributed by atoms with Crippen molar-refractivity contribution < 1.29 is 8.42 Å². The summed E-state index contributed by atoms with van der Waals surface area (Å²) in [6.07, 6.45) is 0.741. The molecule has 0 bridgehead atoms. The largest absolute Gasteiger partial charge is 0.330 e. The highest BCUT2D eigenvalue weighted by molar-refractivity contribution is 14.1. The Labute approximate surface area is 132 Å². The molecule has 3 N–H and O–H groups in total. The van der Waals surface area contributed by atoms with E-state index in [1.807, 2.05) is 12.1 Å². The first-order valence-corrected chi connectivity index (χ1v) is 8.65. The van der Waals surface area contributed by atoms with Crippen molar-refractivity contribution in [2.75, 3.05) is 11.3 Å². The van der Waals surface area contributed by atoms with Crippen LogP contribution in [0.15, 0.2) is 53.4 Å². The number of hydrogen-bond donors (Lipinski definition) is 2. The summed E-state index contributed by atoms with van der Waals surface area (Å²) in [5, 5.41) is 0. The quantitative estimate of drug-likeness (QED) is 0.756. The Bertz CT molecular complexity index is 667. The van der Waals surface area contributed by atoms with Crippen molar-refractivity contribution in [2.24, 2.45) is 5.73 Å². The lowest BCUT2D eigenvalue weighted by Crippen LogP contribution is -2.13. The van der Waals surface area contributed by atoms with Gasteiger partial charge in [-0.2, -0.15) is 0 Å². The van der Waals surface area contributed by atoms with Gasteiger partial charge in [0.1, 0.15) is 0 Å². The standard InChI is InChI=1S/C14H15IN2O2S/c15-12-3-5-13(6-4-12)17-20(18,19)14-7-1-11(2-8-14)9-10-16/h1-8,17H,9-10,16H2. The van der Waals surface area contributed by atoms with Crippen LogP contribution in [0.25, 0.3) is 0 Å². The van der Waals surface area contributed by atoms with Gasteiger partial charge in [0.05, 0.1) is 4.90 Å². The summed E-state index contributed by atoms with van der Waals surface area (Å²) in [6, 6.07) is 13.9. The third-order valence-electron chi connectivity index (χ3n) is 2.76. The molecular weight excluding hydrogens is 387 g/mol. The second-order valence-corrected chi connectivity index (χ2v) is 7.22. The van der Waals surface area contributed by atoms with Gasteiger partial charge < -0.3 is 5.73 Å². The van der Waals surface area contributed by atoms with Gasteiger partial charge in [-0.25, -0.2) is 8.42 Å². The van der Waals surface area contributed by atoms with Gasteiger partial charge in [0.2, 0.25) is 0 Å². The van der Waals surface area contributed by atoms with Gasteiger partial charge >= 0.3 is 0 Å². The zero-order chi connectivity index (χ0) is 14.6. The molecule has 0 aliphatic rings. The minimum atomic E-state index is -3.54. The van der Waals surface area contributed by atoms with Crippen molar-refractivity contribution in [1.82, 2.24) is 0 Å². The number of sulfonamides is 1. The smallest absolute Gasteiger partial charge is 0.261 e. The van der Waals surface area contributed by atoms with Crippen LogP contribution in [0.2, 0.25) is 0 Å². The van der Waals surface area contributed by atoms with Crippen LogP contribution in [0.4, 0.5) is 5.69 Å². The molecule has 0 spiro atoms. The molecule has 4 nitrogen and oxygen atoms in total. The van der Waals surface area contributed by atoms with E-state index in [0.717, 1.165) is 15.6 Å². The first kappa shape index (κ1) is 15.3. The van der Waals surface area contributed by atoms with Gasteiger partial charge in [-0.15, -0.1) is 0 Å². The molecule has 2 aromatic rings. The van der Waals surface area contributed by atoms with E-state index < -0.39 is 10.0 Å². The van der Waals surface area contributed by atoms with Gasteiger partial charge in [0, 0.05) is 9.26 Å². The Hall–Kier alpha value is -1.12. The third kappa shape index (κ3) is 3.94. The zero-order valence-electron chi connectivity index (χ0n) is 10.7. The lowest BCUT2D eigenvalue weighted by Gasteiger charge is -2.08.